The van der Waals surface area contributed by atoms with Gasteiger partial charge in [-0.1, -0.05) is 47.5 Å². The Morgan fingerprint density at radius 1 is 1.08 bits per heavy atom. The van der Waals surface area contributed by atoms with E-state index in [4.69, 9.17) is 0 Å². The molecule has 0 amide bonds. The van der Waals surface area contributed by atoms with Gasteiger partial charge in [-0.25, -0.2) is 8.42 Å². The van der Waals surface area contributed by atoms with Crippen LogP contribution in [0, 0.1) is 13.8 Å². The molecule has 2 aromatic carbocycles. The maximum absolute atomic E-state index is 12.7. The largest absolute Gasteiger partial charge is 0.480 e. The van der Waals surface area contributed by atoms with Crippen molar-refractivity contribution in [2.75, 3.05) is 7.05 Å². The zero-order valence-electron chi connectivity index (χ0n) is 13.9. The quantitative estimate of drug-likeness (QED) is 0.872. The lowest BCUT2D eigenvalue weighted by Gasteiger charge is -2.24. The SMILES string of the molecule is Cc1ccc(S(=O)(=O)N(C)C(Cc2cccc(C)c2)C(=O)O)cc1. The van der Waals surface area contributed by atoms with Crippen LogP contribution in [0.1, 0.15) is 16.7 Å². The molecule has 1 unspecified atom stereocenters. The summed E-state index contributed by atoms with van der Waals surface area (Å²) < 4.78 is 26.4. The second-order valence-electron chi connectivity index (χ2n) is 5.88. The first kappa shape index (κ1) is 18.2. The van der Waals surface area contributed by atoms with E-state index < -0.39 is 22.0 Å². The van der Waals surface area contributed by atoms with E-state index >= 15 is 0 Å². The van der Waals surface area contributed by atoms with Crippen LogP contribution >= 0.6 is 0 Å². The molecule has 0 bridgehead atoms. The highest BCUT2D eigenvalue weighted by Gasteiger charge is 2.32. The minimum absolute atomic E-state index is 0.0890. The molecule has 0 radical (unpaired) electrons. The molecule has 0 heterocycles. The second-order valence-corrected chi connectivity index (χ2v) is 7.88. The highest BCUT2D eigenvalue weighted by Crippen LogP contribution is 2.20. The average Bonchev–Trinajstić information content (AvgIpc) is 2.52. The summed E-state index contributed by atoms with van der Waals surface area (Å²) in [6.45, 7) is 3.77. The molecule has 6 heteroatoms. The van der Waals surface area contributed by atoms with E-state index in [0.29, 0.717) is 0 Å². The predicted molar refractivity (Wildman–Crippen MR) is 92.4 cm³/mol. The fourth-order valence-corrected chi connectivity index (χ4v) is 3.79. The number of hydrogen-bond acceptors (Lipinski definition) is 3. The summed E-state index contributed by atoms with van der Waals surface area (Å²) in [5.41, 5.74) is 2.72. The van der Waals surface area contributed by atoms with Gasteiger partial charge in [0.2, 0.25) is 10.0 Å². The fraction of sp³-hybridized carbons (Fsp3) is 0.278. The number of sulfonamides is 1. The molecule has 2 aromatic rings. The molecule has 0 aliphatic carbocycles. The molecule has 1 atom stereocenters. The molecular formula is C18H21NO4S. The summed E-state index contributed by atoms with van der Waals surface area (Å²) in [6, 6.07) is 12.6. The van der Waals surface area contributed by atoms with Crippen molar-refractivity contribution in [3.8, 4) is 0 Å². The molecule has 2 rings (SSSR count). The van der Waals surface area contributed by atoms with E-state index in [-0.39, 0.29) is 11.3 Å². The van der Waals surface area contributed by atoms with Crippen LogP contribution in [-0.2, 0) is 21.2 Å². The van der Waals surface area contributed by atoms with Gasteiger partial charge in [-0.3, -0.25) is 4.79 Å². The van der Waals surface area contributed by atoms with Crippen LogP contribution in [0.2, 0.25) is 0 Å². The van der Waals surface area contributed by atoms with Crippen LogP contribution in [-0.4, -0.2) is 36.9 Å². The summed E-state index contributed by atoms with van der Waals surface area (Å²) >= 11 is 0. The number of likely N-dealkylation sites (N-methyl/N-ethyl adjacent to an activating group) is 1. The number of aliphatic carboxylic acids is 1. The number of aryl methyl sites for hydroxylation is 2. The normalized spacial score (nSPS) is 13.0. The molecule has 1 N–H and O–H groups in total. The van der Waals surface area contributed by atoms with Gasteiger partial charge in [0, 0.05) is 7.05 Å². The topological polar surface area (TPSA) is 74.7 Å². The van der Waals surface area contributed by atoms with Crippen LogP contribution in [0.5, 0.6) is 0 Å². The Labute approximate surface area is 142 Å². The molecule has 0 aromatic heterocycles. The van der Waals surface area contributed by atoms with Crippen LogP contribution in [0.15, 0.2) is 53.4 Å². The summed E-state index contributed by atoms with van der Waals surface area (Å²) in [6.07, 6.45) is 0.110. The molecule has 0 spiro atoms. The Kier molecular flexibility index (Phi) is 5.41. The van der Waals surface area contributed by atoms with Crippen LogP contribution in [0.4, 0.5) is 0 Å². The maximum Gasteiger partial charge on any atom is 0.322 e. The highest BCUT2D eigenvalue weighted by molar-refractivity contribution is 7.89. The van der Waals surface area contributed by atoms with Gasteiger partial charge in [-0.2, -0.15) is 4.31 Å². The lowest BCUT2D eigenvalue weighted by Crippen LogP contribution is -2.43. The minimum Gasteiger partial charge on any atom is -0.480 e. The summed E-state index contributed by atoms with van der Waals surface area (Å²) in [4.78, 5) is 11.7. The maximum atomic E-state index is 12.7. The van der Waals surface area contributed by atoms with E-state index in [0.717, 1.165) is 21.0 Å². The average molecular weight is 347 g/mol. The van der Waals surface area contributed by atoms with Crippen molar-refractivity contribution in [2.24, 2.45) is 0 Å². The Bertz CT molecular complexity index is 828. The molecule has 0 saturated carbocycles. The van der Waals surface area contributed by atoms with Gasteiger partial charge in [-0.05, 0) is 38.0 Å². The number of carbonyl (C=O) groups is 1. The fourth-order valence-electron chi connectivity index (χ4n) is 2.48. The number of carboxylic acids is 1. The van der Waals surface area contributed by atoms with Crippen LogP contribution < -0.4 is 0 Å². The molecule has 0 aliphatic heterocycles. The van der Waals surface area contributed by atoms with Gasteiger partial charge in [-0.15, -0.1) is 0 Å². The van der Waals surface area contributed by atoms with Crippen molar-refractivity contribution in [3.05, 3.63) is 65.2 Å². The molecule has 0 saturated heterocycles. The number of rotatable bonds is 6. The van der Waals surface area contributed by atoms with Crippen LogP contribution in [0.25, 0.3) is 0 Å². The molecule has 24 heavy (non-hydrogen) atoms. The number of benzene rings is 2. The Morgan fingerprint density at radius 2 is 1.71 bits per heavy atom. The van der Waals surface area contributed by atoms with Gasteiger partial charge < -0.3 is 5.11 Å². The monoisotopic (exact) mass is 347 g/mol. The summed E-state index contributed by atoms with van der Waals surface area (Å²) in [5, 5.41) is 9.52. The third-order valence-corrected chi connectivity index (χ3v) is 5.81. The molecule has 0 fully saturated rings. The van der Waals surface area contributed by atoms with Crippen LogP contribution in [0.3, 0.4) is 0 Å². The predicted octanol–water partition coefficient (Wildman–Crippen LogP) is 2.62. The standard InChI is InChI=1S/C18H21NO4S/c1-13-7-9-16(10-8-13)24(22,23)19(3)17(18(20)21)12-15-6-4-5-14(2)11-15/h4-11,17H,12H2,1-3H3,(H,20,21). The van der Waals surface area contributed by atoms with E-state index in [2.05, 4.69) is 0 Å². The second kappa shape index (κ2) is 7.15. The first-order valence-corrected chi connectivity index (χ1v) is 8.99. The molecule has 0 aliphatic rings. The molecule has 5 nitrogen and oxygen atoms in total. The third-order valence-electron chi connectivity index (χ3n) is 3.93. The van der Waals surface area contributed by atoms with E-state index in [9.17, 15) is 18.3 Å². The van der Waals surface area contributed by atoms with Crippen molar-refractivity contribution in [3.63, 3.8) is 0 Å². The van der Waals surface area contributed by atoms with Gasteiger partial charge in [0.05, 0.1) is 4.90 Å². The van der Waals surface area contributed by atoms with Crippen molar-refractivity contribution in [1.82, 2.24) is 4.31 Å². The van der Waals surface area contributed by atoms with Crippen molar-refractivity contribution < 1.29 is 18.3 Å². The lowest BCUT2D eigenvalue weighted by atomic mass is 10.0. The smallest absolute Gasteiger partial charge is 0.322 e. The van der Waals surface area contributed by atoms with Gasteiger partial charge in [0.1, 0.15) is 6.04 Å². The van der Waals surface area contributed by atoms with E-state index in [1.54, 1.807) is 18.2 Å². The number of carboxylic acid groups (broad SMARTS) is 1. The summed E-state index contributed by atoms with van der Waals surface area (Å²) in [5.74, 6) is -1.17. The Balaban J connectivity index is 2.33. The Hall–Kier alpha value is -2.18. The van der Waals surface area contributed by atoms with Gasteiger partial charge >= 0.3 is 5.97 Å². The lowest BCUT2D eigenvalue weighted by molar-refractivity contribution is -0.141. The first-order chi connectivity index (χ1) is 11.2. The summed E-state index contributed by atoms with van der Waals surface area (Å²) in [7, 11) is -2.57. The van der Waals surface area contributed by atoms with Gasteiger partial charge in [0.15, 0.2) is 0 Å². The zero-order valence-corrected chi connectivity index (χ0v) is 14.7. The minimum atomic E-state index is -3.88. The van der Waals surface area contributed by atoms with E-state index in [1.165, 1.54) is 19.2 Å². The highest BCUT2D eigenvalue weighted by atomic mass is 32.2. The van der Waals surface area contributed by atoms with E-state index in [1.807, 2.05) is 32.0 Å². The number of nitrogens with zero attached hydrogens (tertiary/aromatic N) is 1. The van der Waals surface area contributed by atoms with Crippen molar-refractivity contribution >= 4 is 16.0 Å². The zero-order chi connectivity index (χ0) is 17.9. The number of hydrogen-bond donors (Lipinski definition) is 1. The van der Waals surface area contributed by atoms with Crippen molar-refractivity contribution in [2.45, 2.75) is 31.2 Å². The van der Waals surface area contributed by atoms with Crippen molar-refractivity contribution in [1.29, 1.82) is 0 Å². The Morgan fingerprint density at radius 3 is 2.25 bits per heavy atom. The molecular weight excluding hydrogens is 326 g/mol. The molecule has 128 valence electrons. The third kappa shape index (κ3) is 4.01. The van der Waals surface area contributed by atoms with Gasteiger partial charge in [0.25, 0.3) is 0 Å². The first-order valence-electron chi connectivity index (χ1n) is 7.55.